The lowest BCUT2D eigenvalue weighted by Gasteiger charge is -2.40. The van der Waals surface area contributed by atoms with E-state index in [0.717, 1.165) is 23.4 Å². The van der Waals surface area contributed by atoms with Crippen molar-refractivity contribution >= 4 is 33.2 Å². The Balaban J connectivity index is 1.54. The van der Waals surface area contributed by atoms with Crippen molar-refractivity contribution in [2.75, 3.05) is 43.0 Å². The van der Waals surface area contributed by atoms with Crippen LogP contribution in [0.1, 0.15) is 25.7 Å². The van der Waals surface area contributed by atoms with Crippen molar-refractivity contribution in [3.8, 4) is 0 Å². The second-order valence-corrected chi connectivity index (χ2v) is 7.58. The number of hydrogen-bond donors (Lipinski definition) is 0. The summed E-state index contributed by atoms with van der Waals surface area (Å²) in [4.78, 5) is 5.14. The van der Waals surface area contributed by atoms with Crippen LogP contribution >= 0.6 is 27.5 Å². The van der Waals surface area contributed by atoms with Crippen molar-refractivity contribution in [1.29, 1.82) is 0 Å². The molecule has 1 heterocycles. The fraction of sp³-hybridized carbons (Fsp3) is 0.647. The lowest BCUT2D eigenvalue weighted by Crippen LogP contribution is -2.50. The molecule has 0 amide bonds. The smallest absolute Gasteiger partial charge is 0.0407 e. The summed E-state index contributed by atoms with van der Waals surface area (Å²) in [5.74, 6) is 0. The third kappa shape index (κ3) is 3.75. The van der Waals surface area contributed by atoms with Crippen LogP contribution in [0.3, 0.4) is 0 Å². The van der Waals surface area contributed by atoms with E-state index in [1.165, 1.54) is 51.0 Å². The molecule has 1 aliphatic carbocycles. The zero-order chi connectivity index (χ0) is 14.7. The Morgan fingerprint density at radius 3 is 2.19 bits per heavy atom. The van der Waals surface area contributed by atoms with Gasteiger partial charge in [0.05, 0.1) is 0 Å². The normalized spacial score (nSPS) is 22.7. The van der Waals surface area contributed by atoms with Gasteiger partial charge in [-0.15, -0.1) is 0 Å². The number of benzene rings is 1. The van der Waals surface area contributed by atoms with Crippen LogP contribution in [0.5, 0.6) is 0 Å². The molecule has 0 atom stereocenters. The fourth-order valence-corrected chi connectivity index (χ4v) is 4.61. The summed E-state index contributed by atoms with van der Waals surface area (Å²) in [5, 5.41) is 1.98. The number of piperazine rings is 1. The van der Waals surface area contributed by atoms with Crippen LogP contribution in [0, 0.1) is 5.41 Å². The van der Waals surface area contributed by atoms with E-state index in [-0.39, 0.29) is 0 Å². The van der Waals surface area contributed by atoms with Crippen molar-refractivity contribution in [3.63, 3.8) is 0 Å². The molecule has 2 nitrogen and oxygen atoms in total. The largest absolute Gasteiger partial charge is 0.369 e. The molecule has 3 rings (SSSR count). The highest BCUT2D eigenvalue weighted by Gasteiger charge is 2.35. The first-order valence-electron chi connectivity index (χ1n) is 8.00. The molecule has 0 unspecified atom stereocenters. The van der Waals surface area contributed by atoms with Crippen LogP contribution < -0.4 is 4.90 Å². The quantitative estimate of drug-likeness (QED) is 0.723. The van der Waals surface area contributed by atoms with Crippen LogP contribution in [0.4, 0.5) is 5.69 Å². The Hall–Kier alpha value is -0.250. The van der Waals surface area contributed by atoms with Crippen molar-refractivity contribution in [2.24, 2.45) is 5.41 Å². The lowest BCUT2D eigenvalue weighted by atomic mass is 9.88. The highest BCUT2D eigenvalue weighted by atomic mass is 79.9. The summed E-state index contributed by atoms with van der Waals surface area (Å²) >= 11 is 9.73. The maximum absolute atomic E-state index is 5.97. The van der Waals surface area contributed by atoms with Gasteiger partial charge in [-0.25, -0.2) is 0 Å². The molecule has 0 spiro atoms. The molecule has 21 heavy (non-hydrogen) atoms. The SMILES string of the molecule is Clc1ccc(N2CCN(CC3(CBr)CCCC3)CC2)cc1. The average molecular weight is 372 g/mol. The molecule has 0 radical (unpaired) electrons. The summed E-state index contributed by atoms with van der Waals surface area (Å²) < 4.78 is 0. The fourth-order valence-electron chi connectivity index (χ4n) is 3.75. The first kappa shape index (κ1) is 15.6. The molecule has 4 heteroatoms. The zero-order valence-corrected chi connectivity index (χ0v) is 14.9. The maximum Gasteiger partial charge on any atom is 0.0407 e. The van der Waals surface area contributed by atoms with Gasteiger partial charge in [-0.3, -0.25) is 4.90 Å². The summed E-state index contributed by atoms with van der Waals surface area (Å²) in [6.45, 7) is 5.88. The van der Waals surface area contributed by atoms with Gasteiger partial charge in [0.2, 0.25) is 0 Å². The molecule has 1 saturated heterocycles. The van der Waals surface area contributed by atoms with E-state index >= 15 is 0 Å². The highest BCUT2D eigenvalue weighted by molar-refractivity contribution is 9.09. The van der Waals surface area contributed by atoms with Crippen molar-refractivity contribution < 1.29 is 0 Å². The first-order valence-corrected chi connectivity index (χ1v) is 9.50. The average Bonchev–Trinajstić information content (AvgIpc) is 2.98. The van der Waals surface area contributed by atoms with Crippen LogP contribution in [0.15, 0.2) is 24.3 Å². The second-order valence-electron chi connectivity index (χ2n) is 6.58. The number of nitrogens with zero attached hydrogens (tertiary/aromatic N) is 2. The van der Waals surface area contributed by atoms with E-state index < -0.39 is 0 Å². The Kier molecular flexibility index (Phi) is 5.13. The van der Waals surface area contributed by atoms with E-state index in [4.69, 9.17) is 11.6 Å². The van der Waals surface area contributed by atoms with Gasteiger partial charge in [-0.05, 0) is 42.5 Å². The molecule has 116 valence electrons. The molecular formula is C17H24BrClN2. The van der Waals surface area contributed by atoms with E-state index in [1.54, 1.807) is 0 Å². The van der Waals surface area contributed by atoms with Gasteiger partial charge >= 0.3 is 0 Å². The van der Waals surface area contributed by atoms with Crippen molar-refractivity contribution in [2.45, 2.75) is 25.7 Å². The van der Waals surface area contributed by atoms with Gasteiger partial charge in [0.25, 0.3) is 0 Å². The van der Waals surface area contributed by atoms with Gasteiger partial charge in [0.15, 0.2) is 0 Å². The van der Waals surface area contributed by atoms with E-state index in [9.17, 15) is 0 Å². The highest BCUT2D eigenvalue weighted by Crippen LogP contribution is 2.40. The standard InChI is InChI=1S/C17H24BrClN2/c18-13-17(7-1-2-8-17)14-20-9-11-21(12-10-20)16-5-3-15(19)4-6-16/h3-6H,1-2,7-14H2. The second kappa shape index (κ2) is 6.89. The topological polar surface area (TPSA) is 6.48 Å². The minimum Gasteiger partial charge on any atom is -0.369 e. The van der Waals surface area contributed by atoms with Crippen LogP contribution in [0.2, 0.25) is 5.02 Å². The molecule has 1 saturated carbocycles. The first-order chi connectivity index (χ1) is 10.2. The number of hydrogen-bond acceptors (Lipinski definition) is 2. The van der Waals surface area contributed by atoms with Crippen molar-refractivity contribution in [1.82, 2.24) is 4.90 Å². The number of anilines is 1. The van der Waals surface area contributed by atoms with Gasteiger partial charge in [-0.1, -0.05) is 40.4 Å². The van der Waals surface area contributed by atoms with Crippen LogP contribution in [0.25, 0.3) is 0 Å². The number of halogens is 2. The van der Waals surface area contributed by atoms with Crippen molar-refractivity contribution in [3.05, 3.63) is 29.3 Å². The third-order valence-electron chi connectivity index (χ3n) is 5.07. The minimum atomic E-state index is 0.544. The summed E-state index contributed by atoms with van der Waals surface area (Å²) in [5.41, 5.74) is 1.85. The van der Waals surface area contributed by atoms with Gasteiger partial charge in [0, 0.05) is 48.8 Å². The Labute approximate surface area is 141 Å². The van der Waals surface area contributed by atoms with Gasteiger partial charge in [-0.2, -0.15) is 0 Å². The molecule has 2 fully saturated rings. The third-order valence-corrected chi connectivity index (χ3v) is 6.51. The maximum atomic E-state index is 5.97. The Bertz CT molecular complexity index is 448. The predicted octanol–water partition coefficient (Wildman–Crippen LogP) is 4.42. The molecule has 0 aromatic heterocycles. The Morgan fingerprint density at radius 2 is 1.62 bits per heavy atom. The summed E-state index contributed by atoms with van der Waals surface area (Å²) in [6.07, 6.45) is 5.62. The minimum absolute atomic E-state index is 0.544. The molecule has 0 bridgehead atoms. The predicted molar refractivity (Wildman–Crippen MR) is 94.8 cm³/mol. The van der Waals surface area contributed by atoms with Gasteiger partial charge in [0.1, 0.15) is 0 Å². The Morgan fingerprint density at radius 1 is 1.00 bits per heavy atom. The van der Waals surface area contributed by atoms with E-state index in [0.29, 0.717) is 5.41 Å². The molecule has 0 N–H and O–H groups in total. The zero-order valence-electron chi connectivity index (χ0n) is 12.5. The summed E-state index contributed by atoms with van der Waals surface area (Å²) in [6, 6.07) is 8.24. The van der Waals surface area contributed by atoms with E-state index in [1.807, 2.05) is 12.1 Å². The number of rotatable bonds is 4. The van der Waals surface area contributed by atoms with Crippen LogP contribution in [-0.4, -0.2) is 43.0 Å². The molecule has 1 aliphatic heterocycles. The van der Waals surface area contributed by atoms with Crippen LogP contribution in [-0.2, 0) is 0 Å². The van der Waals surface area contributed by atoms with Gasteiger partial charge < -0.3 is 4.90 Å². The molecule has 1 aromatic carbocycles. The molecule has 2 aliphatic rings. The molecule has 1 aromatic rings. The lowest BCUT2D eigenvalue weighted by molar-refractivity contribution is 0.164. The molecular weight excluding hydrogens is 348 g/mol. The van der Waals surface area contributed by atoms with E-state index in [2.05, 4.69) is 37.9 Å². The number of alkyl halides is 1. The summed E-state index contributed by atoms with van der Waals surface area (Å²) in [7, 11) is 0. The monoisotopic (exact) mass is 370 g/mol.